The molecule has 0 aromatic heterocycles. The first-order valence-corrected chi connectivity index (χ1v) is 13.2. The summed E-state index contributed by atoms with van der Waals surface area (Å²) in [5.74, 6) is -0.506. The zero-order chi connectivity index (χ0) is 24.5. The minimum Gasteiger partial charge on any atom is -0.291 e. The number of thioether (sulfide) groups is 1. The highest BCUT2D eigenvalue weighted by Crippen LogP contribution is 2.59. The van der Waals surface area contributed by atoms with E-state index in [1.165, 1.54) is 4.90 Å². The largest absolute Gasteiger partial charge is 0.291 e. The summed E-state index contributed by atoms with van der Waals surface area (Å²) in [6, 6.07) is 24.0. The first-order valence-electron chi connectivity index (χ1n) is 10.00. The Hall–Kier alpha value is -1.47. The van der Waals surface area contributed by atoms with Crippen LogP contribution in [0.15, 0.2) is 94.3 Å². The van der Waals surface area contributed by atoms with Gasteiger partial charge in [-0.05, 0) is 53.2 Å². The SMILES string of the molecule is O=C(Sc1ccccc1N1C(=O)C(Cl)(Cl)C1(/C=C/c1ccc(Br)cc1)c1ccccc1)C(Cl)Cl. The number of alkyl halides is 4. The van der Waals surface area contributed by atoms with Crippen LogP contribution < -0.4 is 4.90 Å². The molecule has 3 nitrogen and oxygen atoms in total. The highest BCUT2D eigenvalue weighted by atomic mass is 79.9. The number of benzene rings is 3. The first kappa shape index (κ1) is 25.6. The van der Waals surface area contributed by atoms with E-state index in [1.807, 2.05) is 66.7 Å². The Bertz CT molecular complexity index is 1250. The van der Waals surface area contributed by atoms with E-state index in [0.717, 1.165) is 21.8 Å². The molecule has 3 aromatic carbocycles. The average molecular weight is 616 g/mol. The molecule has 0 saturated carbocycles. The third-order valence-electron chi connectivity index (χ3n) is 5.40. The maximum absolute atomic E-state index is 13.4. The van der Waals surface area contributed by atoms with Crippen molar-refractivity contribution in [3.8, 4) is 0 Å². The van der Waals surface area contributed by atoms with Crippen molar-refractivity contribution in [3.05, 3.63) is 101 Å². The lowest BCUT2D eigenvalue weighted by atomic mass is 9.75. The molecule has 1 heterocycles. The van der Waals surface area contributed by atoms with E-state index in [2.05, 4.69) is 15.9 Å². The van der Waals surface area contributed by atoms with Crippen LogP contribution in [0.2, 0.25) is 0 Å². The maximum Gasteiger partial charge on any atom is 0.267 e. The molecule has 0 aliphatic carbocycles. The Kier molecular flexibility index (Phi) is 7.73. The molecule has 34 heavy (non-hydrogen) atoms. The average Bonchev–Trinajstić information content (AvgIpc) is 2.83. The molecule has 1 amide bonds. The number of hydrogen-bond donors (Lipinski definition) is 0. The number of rotatable bonds is 6. The fourth-order valence-corrected chi connectivity index (χ4v) is 5.73. The molecule has 1 aliphatic heterocycles. The van der Waals surface area contributed by atoms with Crippen LogP contribution >= 0.6 is 74.1 Å². The molecule has 1 aliphatic rings. The summed E-state index contributed by atoms with van der Waals surface area (Å²) in [6.45, 7) is 0. The summed E-state index contributed by atoms with van der Waals surface area (Å²) in [4.78, 5) is 26.5. The lowest BCUT2D eigenvalue weighted by molar-refractivity contribution is -0.127. The molecule has 1 atom stereocenters. The fourth-order valence-electron chi connectivity index (χ4n) is 3.80. The summed E-state index contributed by atoms with van der Waals surface area (Å²) in [6.07, 6.45) is 3.69. The minimum absolute atomic E-state index is 0.456. The smallest absolute Gasteiger partial charge is 0.267 e. The van der Waals surface area contributed by atoms with Crippen molar-refractivity contribution in [3.63, 3.8) is 0 Å². The number of β-lactam (4-membered cyclic amide) rings is 1. The third-order valence-corrected chi connectivity index (χ3v) is 8.48. The van der Waals surface area contributed by atoms with Crippen molar-refractivity contribution in [1.82, 2.24) is 0 Å². The Labute approximate surface area is 230 Å². The predicted molar refractivity (Wildman–Crippen MR) is 146 cm³/mol. The van der Waals surface area contributed by atoms with Crippen LogP contribution in [0.25, 0.3) is 6.08 Å². The van der Waals surface area contributed by atoms with E-state index in [-0.39, 0.29) is 0 Å². The number of amides is 1. The van der Waals surface area contributed by atoms with Gasteiger partial charge in [-0.3, -0.25) is 14.5 Å². The van der Waals surface area contributed by atoms with Crippen molar-refractivity contribution in [1.29, 1.82) is 0 Å². The van der Waals surface area contributed by atoms with Gasteiger partial charge in [0, 0.05) is 9.37 Å². The molecule has 0 N–H and O–H groups in total. The number of nitrogens with zero attached hydrogens (tertiary/aromatic N) is 1. The van der Waals surface area contributed by atoms with E-state index in [1.54, 1.807) is 24.3 Å². The lowest BCUT2D eigenvalue weighted by Crippen LogP contribution is -2.75. The highest BCUT2D eigenvalue weighted by Gasteiger charge is 2.70. The maximum atomic E-state index is 13.4. The third kappa shape index (κ3) is 4.55. The molecule has 9 heteroatoms. The van der Waals surface area contributed by atoms with Gasteiger partial charge in [0.05, 0.1) is 5.69 Å². The van der Waals surface area contributed by atoms with Gasteiger partial charge in [0.15, 0.2) is 4.84 Å². The van der Waals surface area contributed by atoms with Crippen LogP contribution in [0.3, 0.4) is 0 Å². The van der Waals surface area contributed by atoms with Crippen LogP contribution in [-0.4, -0.2) is 20.2 Å². The van der Waals surface area contributed by atoms with Gasteiger partial charge < -0.3 is 0 Å². The Balaban J connectivity index is 1.89. The van der Waals surface area contributed by atoms with Crippen LogP contribution in [0.4, 0.5) is 5.69 Å². The topological polar surface area (TPSA) is 37.4 Å². The van der Waals surface area contributed by atoms with Crippen LogP contribution in [0, 0.1) is 0 Å². The van der Waals surface area contributed by atoms with Gasteiger partial charge in [0.2, 0.25) is 9.45 Å². The standard InChI is InChI=1S/C25H16BrCl4NO2S/c26-18-12-10-16(11-13-18)14-15-24(17-6-2-1-3-7-17)25(29,30)23(33)31(24)19-8-4-5-9-20(19)34-22(32)21(27)28/h1-15,21H/b15-14+. The van der Waals surface area contributed by atoms with Gasteiger partial charge in [0.25, 0.3) is 5.91 Å². The quantitative estimate of drug-likeness (QED) is 0.160. The van der Waals surface area contributed by atoms with Crippen LogP contribution in [-0.2, 0) is 15.1 Å². The number of anilines is 1. The Morgan fingerprint density at radius 2 is 1.56 bits per heavy atom. The molecule has 0 spiro atoms. The summed E-state index contributed by atoms with van der Waals surface area (Å²) < 4.78 is -0.844. The predicted octanol–water partition coefficient (Wildman–Crippen LogP) is 8.00. The molecular weight excluding hydrogens is 600 g/mol. The number of hydrogen-bond acceptors (Lipinski definition) is 3. The number of halogens is 5. The van der Waals surface area contributed by atoms with Gasteiger partial charge in [-0.15, -0.1) is 0 Å². The molecule has 0 radical (unpaired) electrons. The molecule has 1 fully saturated rings. The minimum atomic E-state index is -1.79. The first-order chi connectivity index (χ1) is 16.2. The molecule has 174 valence electrons. The second kappa shape index (κ2) is 10.3. The van der Waals surface area contributed by atoms with Crippen molar-refractivity contribution in [2.45, 2.75) is 19.6 Å². The van der Waals surface area contributed by atoms with Gasteiger partial charge >= 0.3 is 0 Å². The highest BCUT2D eigenvalue weighted by molar-refractivity contribution is 9.10. The van der Waals surface area contributed by atoms with E-state index in [9.17, 15) is 9.59 Å². The molecule has 1 saturated heterocycles. The van der Waals surface area contributed by atoms with E-state index < -0.39 is 25.7 Å². The van der Waals surface area contributed by atoms with E-state index >= 15 is 0 Å². The second-order valence-electron chi connectivity index (χ2n) is 7.42. The number of carbonyl (C=O) groups excluding carboxylic acids is 2. The van der Waals surface area contributed by atoms with Gasteiger partial charge in [-0.2, -0.15) is 0 Å². The summed E-state index contributed by atoms with van der Waals surface area (Å²) >= 11 is 29.3. The molecule has 0 bridgehead atoms. The molecular formula is C25H16BrCl4NO2S. The van der Waals surface area contributed by atoms with Crippen molar-refractivity contribution >= 4 is 96.9 Å². The summed E-state index contributed by atoms with van der Waals surface area (Å²) in [7, 11) is 0. The zero-order valence-electron chi connectivity index (χ0n) is 17.3. The van der Waals surface area contributed by atoms with Crippen molar-refractivity contribution in [2.24, 2.45) is 0 Å². The fraction of sp³-hybridized carbons (Fsp3) is 0.120. The van der Waals surface area contributed by atoms with Crippen molar-refractivity contribution < 1.29 is 9.59 Å². The Morgan fingerprint density at radius 3 is 2.21 bits per heavy atom. The zero-order valence-corrected chi connectivity index (χ0v) is 22.7. The normalized spacial score (nSPS) is 19.5. The van der Waals surface area contributed by atoms with Crippen LogP contribution in [0.5, 0.6) is 0 Å². The lowest BCUT2D eigenvalue weighted by Gasteiger charge is -2.58. The second-order valence-corrected chi connectivity index (χ2v) is 11.8. The molecule has 4 rings (SSSR count). The van der Waals surface area contributed by atoms with Gasteiger partial charge in [-0.1, -0.05) is 123 Å². The molecule has 3 aromatic rings. The van der Waals surface area contributed by atoms with Crippen LogP contribution in [0.1, 0.15) is 11.1 Å². The number of carbonyl (C=O) groups is 2. The van der Waals surface area contributed by atoms with E-state index in [0.29, 0.717) is 16.1 Å². The van der Waals surface area contributed by atoms with Crippen molar-refractivity contribution in [2.75, 3.05) is 4.90 Å². The molecule has 1 unspecified atom stereocenters. The van der Waals surface area contributed by atoms with E-state index in [4.69, 9.17) is 46.4 Å². The number of para-hydroxylation sites is 1. The summed E-state index contributed by atoms with van der Waals surface area (Å²) in [5, 5.41) is -0.456. The van der Waals surface area contributed by atoms with Gasteiger partial charge in [0.1, 0.15) is 5.54 Å². The monoisotopic (exact) mass is 613 g/mol. The Morgan fingerprint density at radius 1 is 0.941 bits per heavy atom. The van der Waals surface area contributed by atoms with Gasteiger partial charge in [-0.25, -0.2) is 0 Å². The summed E-state index contributed by atoms with van der Waals surface area (Å²) in [5.41, 5.74) is 0.836.